The predicted molar refractivity (Wildman–Crippen MR) is 86.3 cm³/mol. The first-order valence-corrected chi connectivity index (χ1v) is 7.11. The summed E-state index contributed by atoms with van der Waals surface area (Å²) in [6.45, 7) is 0. The molecule has 110 valence electrons. The van der Waals surface area contributed by atoms with E-state index in [9.17, 15) is 5.11 Å². The van der Waals surface area contributed by atoms with E-state index in [0.29, 0.717) is 0 Å². The fourth-order valence-corrected chi connectivity index (χ4v) is 2.59. The first-order chi connectivity index (χ1) is 10.8. The number of phenols is 1. The lowest BCUT2D eigenvalue weighted by Gasteiger charge is -2.18. The van der Waals surface area contributed by atoms with Crippen molar-refractivity contribution in [3.63, 3.8) is 0 Å². The third-order valence-corrected chi connectivity index (χ3v) is 3.69. The molecule has 3 rings (SSSR count). The molecule has 0 spiro atoms. The third kappa shape index (κ3) is 2.93. The fraction of sp³-hybridized carbons (Fsp3) is 0.105. The highest BCUT2D eigenvalue weighted by Gasteiger charge is 2.17. The van der Waals surface area contributed by atoms with Gasteiger partial charge in [0.05, 0.1) is 7.11 Å². The molecule has 0 aliphatic carbocycles. The topological polar surface area (TPSA) is 42.4 Å². The van der Waals surface area contributed by atoms with Crippen LogP contribution in [0.3, 0.4) is 0 Å². The van der Waals surface area contributed by atoms with Crippen LogP contribution < -0.4 is 4.74 Å². The van der Waals surface area contributed by atoms with E-state index in [0.717, 1.165) is 22.4 Å². The summed E-state index contributed by atoms with van der Waals surface area (Å²) in [5.41, 5.74) is 3.37. The van der Waals surface area contributed by atoms with Gasteiger partial charge in [-0.3, -0.25) is 4.98 Å². The van der Waals surface area contributed by atoms with Crippen LogP contribution in [0.4, 0.5) is 0 Å². The number of hydrogen-bond acceptors (Lipinski definition) is 3. The summed E-state index contributed by atoms with van der Waals surface area (Å²) in [5, 5.41) is 9.52. The van der Waals surface area contributed by atoms with Crippen LogP contribution in [0.2, 0.25) is 0 Å². The molecular formula is C19H17NO2. The second-order valence-electron chi connectivity index (χ2n) is 5.08. The molecule has 22 heavy (non-hydrogen) atoms. The molecular weight excluding hydrogens is 274 g/mol. The second-order valence-corrected chi connectivity index (χ2v) is 5.08. The second kappa shape index (κ2) is 6.31. The van der Waals surface area contributed by atoms with Crippen LogP contribution in [0.15, 0.2) is 73.1 Å². The van der Waals surface area contributed by atoms with Crippen molar-refractivity contribution >= 4 is 0 Å². The van der Waals surface area contributed by atoms with Gasteiger partial charge in [0.1, 0.15) is 11.5 Å². The van der Waals surface area contributed by atoms with Gasteiger partial charge < -0.3 is 9.84 Å². The van der Waals surface area contributed by atoms with Gasteiger partial charge in [-0.2, -0.15) is 0 Å². The van der Waals surface area contributed by atoms with E-state index in [1.807, 2.05) is 36.5 Å². The molecule has 0 bridgehead atoms. The Kier molecular flexibility index (Phi) is 4.05. The molecule has 0 saturated carbocycles. The van der Waals surface area contributed by atoms with Crippen molar-refractivity contribution in [3.05, 3.63) is 89.7 Å². The van der Waals surface area contributed by atoms with Crippen LogP contribution in [0, 0.1) is 0 Å². The lowest BCUT2D eigenvalue weighted by molar-refractivity contribution is 0.414. The highest BCUT2D eigenvalue weighted by Crippen LogP contribution is 2.33. The monoisotopic (exact) mass is 291 g/mol. The lowest BCUT2D eigenvalue weighted by Crippen LogP contribution is -2.03. The van der Waals surface area contributed by atoms with E-state index in [1.165, 1.54) is 0 Å². The van der Waals surface area contributed by atoms with E-state index < -0.39 is 0 Å². The summed E-state index contributed by atoms with van der Waals surface area (Å²) in [7, 11) is 1.66. The molecule has 0 amide bonds. The summed E-state index contributed by atoms with van der Waals surface area (Å²) < 4.78 is 5.23. The number of pyridine rings is 1. The standard InChI is InChI=1S/C19H17NO2/c1-22-18-10-6-15(7-11-18)19(16-3-2-12-20-13-16)14-4-8-17(21)9-5-14/h2-13,19,21H,1H3. The quantitative estimate of drug-likeness (QED) is 0.790. The van der Waals surface area contributed by atoms with Crippen LogP contribution in [0.25, 0.3) is 0 Å². The molecule has 0 radical (unpaired) electrons. The van der Waals surface area contributed by atoms with E-state index >= 15 is 0 Å². The Morgan fingerprint density at radius 1 is 0.864 bits per heavy atom. The summed E-state index contributed by atoms with van der Waals surface area (Å²) in [6, 6.07) is 19.3. The van der Waals surface area contributed by atoms with E-state index in [4.69, 9.17) is 4.74 Å². The molecule has 0 aliphatic heterocycles. The van der Waals surface area contributed by atoms with Gasteiger partial charge >= 0.3 is 0 Å². The highest BCUT2D eigenvalue weighted by molar-refractivity contribution is 5.44. The number of methoxy groups -OCH3 is 1. The van der Waals surface area contributed by atoms with Crippen molar-refractivity contribution in [3.8, 4) is 11.5 Å². The van der Waals surface area contributed by atoms with E-state index in [-0.39, 0.29) is 11.7 Å². The molecule has 1 atom stereocenters. The normalized spacial score (nSPS) is 11.9. The zero-order chi connectivity index (χ0) is 15.4. The number of rotatable bonds is 4. The van der Waals surface area contributed by atoms with Gasteiger partial charge in [0.25, 0.3) is 0 Å². The van der Waals surface area contributed by atoms with Crippen LogP contribution in [-0.2, 0) is 0 Å². The Morgan fingerprint density at radius 3 is 2.05 bits per heavy atom. The van der Waals surface area contributed by atoms with Gasteiger partial charge in [-0.1, -0.05) is 30.3 Å². The summed E-state index contributed by atoms with van der Waals surface area (Å²) in [6.07, 6.45) is 3.65. The molecule has 1 N–H and O–H groups in total. The fourth-order valence-electron chi connectivity index (χ4n) is 2.59. The van der Waals surface area contributed by atoms with Gasteiger partial charge in [-0.05, 0) is 47.0 Å². The minimum Gasteiger partial charge on any atom is -0.508 e. The van der Waals surface area contributed by atoms with Crippen molar-refractivity contribution in [1.29, 1.82) is 0 Å². The molecule has 3 aromatic rings. The molecule has 0 aliphatic rings. The van der Waals surface area contributed by atoms with E-state index in [2.05, 4.69) is 23.2 Å². The van der Waals surface area contributed by atoms with Crippen LogP contribution in [0.5, 0.6) is 11.5 Å². The van der Waals surface area contributed by atoms with Gasteiger partial charge in [0, 0.05) is 18.3 Å². The minimum absolute atomic E-state index is 0.0696. The molecule has 1 aromatic heterocycles. The number of ether oxygens (including phenoxy) is 1. The van der Waals surface area contributed by atoms with Crippen molar-refractivity contribution in [2.45, 2.75) is 5.92 Å². The average Bonchev–Trinajstić information content (AvgIpc) is 2.58. The summed E-state index contributed by atoms with van der Waals surface area (Å²) in [5.74, 6) is 1.17. The number of aromatic nitrogens is 1. The highest BCUT2D eigenvalue weighted by atomic mass is 16.5. The van der Waals surface area contributed by atoms with Gasteiger partial charge in [0.2, 0.25) is 0 Å². The average molecular weight is 291 g/mol. The Labute approximate surface area is 129 Å². The zero-order valence-electron chi connectivity index (χ0n) is 12.3. The van der Waals surface area contributed by atoms with Crippen LogP contribution in [0.1, 0.15) is 22.6 Å². The maximum atomic E-state index is 9.52. The first kappa shape index (κ1) is 14.1. The van der Waals surface area contributed by atoms with Gasteiger partial charge in [0.15, 0.2) is 0 Å². The van der Waals surface area contributed by atoms with Crippen molar-refractivity contribution in [2.75, 3.05) is 7.11 Å². The molecule has 0 fully saturated rings. The maximum absolute atomic E-state index is 9.52. The Balaban J connectivity index is 2.07. The van der Waals surface area contributed by atoms with Crippen molar-refractivity contribution < 1.29 is 9.84 Å². The maximum Gasteiger partial charge on any atom is 0.118 e. The third-order valence-electron chi connectivity index (χ3n) is 3.69. The Hall–Kier alpha value is -2.81. The molecule has 2 aromatic carbocycles. The van der Waals surface area contributed by atoms with Gasteiger partial charge in [-0.15, -0.1) is 0 Å². The van der Waals surface area contributed by atoms with Crippen molar-refractivity contribution in [2.24, 2.45) is 0 Å². The smallest absolute Gasteiger partial charge is 0.118 e. The summed E-state index contributed by atoms with van der Waals surface area (Å²) in [4.78, 5) is 4.23. The molecule has 3 heteroatoms. The lowest BCUT2D eigenvalue weighted by atomic mass is 9.86. The van der Waals surface area contributed by atoms with Crippen LogP contribution in [-0.4, -0.2) is 17.2 Å². The molecule has 0 saturated heterocycles. The number of aromatic hydroxyl groups is 1. The SMILES string of the molecule is COc1ccc(C(c2ccc(O)cc2)c2cccnc2)cc1. The van der Waals surface area contributed by atoms with Gasteiger partial charge in [-0.25, -0.2) is 0 Å². The summed E-state index contributed by atoms with van der Waals surface area (Å²) >= 11 is 0. The number of benzene rings is 2. The van der Waals surface area contributed by atoms with Crippen molar-refractivity contribution in [1.82, 2.24) is 4.98 Å². The Morgan fingerprint density at radius 2 is 1.50 bits per heavy atom. The first-order valence-electron chi connectivity index (χ1n) is 7.11. The number of nitrogens with zero attached hydrogens (tertiary/aromatic N) is 1. The largest absolute Gasteiger partial charge is 0.508 e. The predicted octanol–water partition coefficient (Wildman–Crippen LogP) is 3.98. The van der Waals surface area contributed by atoms with E-state index in [1.54, 1.807) is 25.4 Å². The molecule has 3 nitrogen and oxygen atoms in total. The molecule has 1 unspecified atom stereocenters. The minimum atomic E-state index is 0.0696. The van der Waals surface area contributed by atoms with Crippen LogP contribution >= 0.6 is 0 Å². The number of phenolic OH excluding ortho intramolecular Hbond substituents is 1. The Bertz CT molecular complexity index is 722. The zero-order valence-corrected chi connectivity index (χ0v) is 12.3. The number of hydrogen-bond donors (Lipinski definition) is 1. The molecule has 1 heterocycles.